The zero-order chi connectivity index (χ0) is 25.5. The van der Waals surface area contributed by atoms with E-state index in [1.807, 2.05) is 0 Å². The van der Waals surface area contributed by atoms with Crippen molar-refractivity contribution in [1.29, 1.82) is 0 Å². The lowest BCUT2D eigenvalue weighted by atomic mass is 9.46. The number of aliphatic hydroxyl groups excluding tert-OH is 1. The largest absolute Gasteiger partial charge is 0.426 e. The predicted molar refractivity (Wildman–Crippen MR) is 136 cm³/mol. The van der Waals surface area contributed by atoms with Crippen molar-refractivity contribution in [2.45, 2.75) is 78.6 Å². The van der Waals surface area contributed by atoms with E-state index in [-0.39, 0.29) is 41.5 Å². The molecule has 6 nitrogen and oxygen atoms in total. The van der Waals surface area contributed by atoms with Crippen LogP contribution in [0.1, 0.15) is 77.7 Å². The molecule has 0 aromatic heterocycles. The Morgan fingerprint density at radius 3 is 2.46 bits per heavy atom. The second-order valence-electron chi connectivity index (χ2n) is 12.1. The molecule has 1 aromatic carbocycles. The summed E-state index contributed by atoms with van der Waals surface area (Å²) in [6.45, 7) is 6.98. The van der Waals surface area contributed by atoms with E-state index in [2.05, 4.69) is 26.8 Å². The third kappa shape index (κ3) is 5.67. The van der Waals surface area contributed by atoms with Gasteiger partial charge in [0.05, 0.1) is 11.2 Å². The molecule has 0 saturated heterocycles. The third-order valence-corrected chi connectivity index (χ3v) is 10.1. The summed E-state index contributed by atoms with van der Waals surface area (Å²) < 4.78 is 36.9. The molecule has 0 heterocycles. The first-order valence-electron chi connectivity index (χ1n) is 12.9. The second-order valence-corrected chi connectivity index (χ2v) is 13.7. The Morgan fingerprint density at radius 2 is 1.80 bits per heavy atom. The molecular weight excluding hydrogens is 464 g/mol. The number of hydrogen-bond donors (Lipinski definition) is 2. The predicted octanol–water partition coefficient (Wildman–Crippen LogP) is 5.35. The summed E-state index contributed by atoms with van der Waals surface area (Å²) in [4.78, 5) is 13.7. The molecule has 7 heteroatoms. The molecular formula is C28H40O6S. The number of allylic oxidation sites excluding steroid dienone is 2. The minimum absolute atomic E-state index is 0.0473. The molecule has 2 fully saturated rings. The van der Waals surface area contributed by atoms with Crippen molar-refractivity contribution in [3.05, 3.63) is 41.5 Å². The van der Waals surface area contributed by atoms with Crippen LogP contribution >= 0.6 is 0 Å². The first-order chi connectivity index (χ1) is 16.4. The Kier molecular flexibility index (Phi) is 7.26. The first kappa shape index (κ1) is 26.4. The normalized spacial score (nSPS) is 34.9. The Hall–Kier alpha value is -1.70. The zero-order valence-electron chi connectivity index (χ0n) is 21.3. The summed E-state index contributed by atoms with van der Waals surface area (Å²) in [5, 5.41) is 9.79. The van der Waals surface area contributed by atoms with Gasteiger partial charge in [0.1, 0.15) is 5.75 Å². The molecule has 5 atom stereocenters. The van der Waals surface area contributed by atoms with Gasteiger partial charge in [-0.1, -0.05) is 37.6 Å². The lowest BCUT2D eigenvalue weighted by molar-refractivity contribution is -0.160. The van der Waals surface area contributed by atoms with Crippen molar-refractivity contribution in [3.63, 3.8) is 0 Å². The molecule has 2 N–H and O–H groups in total. The standard InChI is InChI=1S/C28H40O6S/c1-26(15-16-29)18-21-6-9-23-24(19-26)27(2,12-10-21)13-14-28(23,3)25(30)34-22-7-4-20(5-8-22)11-17-35(31,32)33/h4-8,23-24,29H,9-19H2,1-3H3,(H,31,32,33). The van der Waals surface area contributed by atoms with Gasteiger partial charge in [0.2, 0.25) is 0 Å². The van der Waals surface area contributed by atoms with Gasteiger partial charge in [0, 0.05) is 6.61 Å². The van der Waals surface area contributed by atoms with Crippen molar-refractivity contribution >= 4 is 16.1 Å². The summed E-state index contributed by atoms with van der Waals surface area (Å²) in [6.07, 6.45) is 10.4. The van der Waals surface area contributed by atoms with E-state index in [4.69, 9.17) is 9.29 Å². The highest BCUT2D eigenvalue weighted by Gasteiger charge is 2.57. The van der Waals surface area contributed by atoms with E-state index in [1.165, 1.54) is 5.57 Å². The number of benzene rings is 1. The average molecular weight is 505 g/mol. The number of carbonyl (C=O) groups excluding carboxylic acids is 1. The van der Waals surface area contributed by atoms with Gasteiger partial charge in [0.25, 0.3) is 10.1 Å². The molecule has 0 aliphatic heterocycles. The number of hydrogen-bond acceptors (Lipinski definition) is 5. The third-order valence-electron chi connectivity index (χ3n) is 9.42. The Balaban J connectivity index is 1.56. The average Bonchev–Trinajstić information content (AvgIpc) is 2.77. The fourth-order valence-corrected chi connectivity index (χ4v) is 7.52. The fraction of sp³-hybridized carbons (Fsp3) is 0.679. The van der Waals surface area contributed by atoms with Crippen LogP contribution < -0.4 is 4.74 Å². The lowest BCUT2D eigenvalue weighted by Gasteiger charge is -2.58. The van der Waals surface area contributed by atoms with Gasteiger partial charge in [0.15, 0.2) is 0 Å². The minimum Gasteiger partial charge on any atom is -0.426 e. The maximum absolute atomic E-state index is 13.7. The fourth-order valence-electron chi connectivity index (χ4n) is 7.03. The quantitative estimate of drug-likeness (QED) is 0.225. The summed E-state index contributed by atoms with van der Waals surface area (Å²) in [5.74, 6) is 0.510. The summed E-state index contributed by atoms with van der Waals surface area (Å²) >= 11 is 0. The highest BCUT2D eigenvalue weighted by atomic mass is 32.2. The monoisotopic (exact) mass is 504 g/mol. The van der Waals surface area contributed by atoms with E-state index >= 15 is 0 Å². The van der Waals surface area contributed by atoms with E-state index < -0.39 is 15.5 Å². The number of fused-ring (bicyclic) bond motifs is 4. The molecule has 0 radical (unpaired) electrons. The van der Waals surface area contributed by atoms with Crippen molar-refractivity contribution in [1.82, 2.24) is 0 Å². The van der Waals surface area contributed by atoms with Gasteiger partial charge in [-0.05, 0) is 105 Å². The van der Waals surface area contributed by atoms with Crippen LogP contribution in [0, 0.1) is 28.1 Å². The maximum Gasteiger partial charge on any atom is 0.317 e. The van der Waals surface area contributed by atoms with Crippen molar-refractivity contribution in [2.75, 3.05) is 12.4 Å². The number of ether oxygens (including phenoxy) is 1. The Morgan fingerprint density at radius 1 is 1.09 bits per heavy atom. The molecule has 0 spiro atoms. The van der Waals surface area contributed by atoms with E-state index in [0.717, 1.165) is 56.9 Å². The molecule has 35 heavy (non-hydrogen) atoms. The van der Waals surface area contributed by atoms with Gasteiger partial charge in [-0.25, -0.2) is 0 Å². The summed E-state index contributed by atoms with van der Waals surface area (Å²) in [6, 6.07) is 6.87. The van der Waals surface area contributed by atoms with Gasteiger partial charge in [-0.2, -0.15) is 8.42 Å². The van der Waals surface area contributed by atoms with Crippen LogP contribution in [0.4, 0.5) is 0 Å². The SMILES string of the molecule is CC1(CCO)CC2=CCC3C(C1)C(C)(CC2)CCC3(C)C(=O)Oc1ccc(CCS(=O)(=O)O)cc1. The van der Waals surface area contributed by atoms with Gasteiger partial charge in [-0.15, -0.1) is 0 Å². The second kappa shape index (κ2) is 9.64. The van der Waals surface area contributed by atoms with Crippen LogP contribution in [0.2, 0.25) is 0 Å². The smallest absolute Gasteiger partial charge is 0.317 e. The Bertz CT molecular complexity index is 1080. The molecule has 5 rings (SSSR count). The highest BCUT2D eigenvalue weighted by Crippen LogP contribution is 2.62. The van der Waals surface area contributed by atoms with Crippen LogP contribution in [0.25, 0.3) is 0 Å². The number of esters is 1. The molecule has 5 unspecified atom stereocenters. The van der Waals surface area contributed by atoms with Crippen LogP contribution in [0.15, 0.2) is 35.9 Å². The highest BCUT2D eigenvalue weighted by molar-refractivity contribution is 7.85. The van der Waals surface area contributed by atoms with E-state index in [1.54, 1.807) is 24.3 Å². The van der Waals surface area contributed by atoms with Gasteiger partial charge >= 0.3 is 5.97 Å². The lowest BCUT2D eigenvalue weighted by Crippen LogP contribution is -2.53. The molecule has 0 amide bonds. The van der Waals surface area contributed by atoms with Gasteiger partial charge in [-0.3, -0.25) is 9.35 Å². The maximum atomic E-state index is 13.7. The van der Waals surface area contributed by atoms with E-state index in [0.29, 0.717) is 11.7 Å². The minimum atomic E-state index is -4.02. The summed E-state index contributed by atoms with van der Waals surface area (Å²) in [5.41, 5.74) is 1.88. The molecule has 4 aliphatic carbocycles. The number of aryl methyl sites for hydroxylation is 1. The van der Waals surface area contributed by atoms with Crippen molar-refractivity contribution in [2.24, 2.45) is 28.1 Å². The van der Waals surface area contributed by atoms with Crippen LogP contribution in [-0.4, -0.2) is 36.4 Å². The van der Waals surface area contributed by atoms with Crippen LogP contribution in [0.3, 0.4) is 0 Å². The van der Waals surface area contributed by atoms with Crippen LogP contribution in [-0.2, 0) is 21.3 Å². The van der Waals surface area contributed by atoms with Gasteiger partial charge < -0.3 is 9.84 Å². The van der Waals surface area contributed by atoms with Crippen LogP contribution in [0.5, 0.6) is 5.75 Å². The van der Waals surface area contributed by atoms with E-state index in [9.17, 15) is 18.3 Å². The first-order valence-corrected chi connectivity index (χ1v) is 14.5. The molecule has 4 aliphatic rings. The number of aliphatic hydroxyl groups is 1. The molecule has 2 saturated carbocycles. The van der Waals surface area contributed by atoms with Crippen molar-refractivity contribution < 1.29 is 27.6 Å². The Labute approximate surface area is 209 Å². The molecule has 194 valence electrons. The summed E-state index contributed by atoms with van der Waals surface area (Å²) in [7, 11) is -4.02. The number of carbonyl (C=O) groups is 1. The van der Waals surface area contributed by atoms with Crippen molar-refractivity contribution in [3.8, 4) is 5.75 Å². The molecule has 1 aromatic rings. The topological polar surface area (TPSA) is 101 Å². The molecule has 4 bridgehead atoms. The number of rotatable bonds is 7. The zero-order valence-corrected chi connectivity index (χ0v) is 22.1.